The van der Waals surface area contributed by atoms with Gasteiger partial charge in [-0.15, -0.1) is 0 Å². The van der Waals surface area contributed by atoms with Crippen molar-refractivity contribution in [1.82, 2.24) is 4.57 Å². The molecule has 1 atom stereocenters. The number of benzene rings is 2. The lowest BCUT2D eigenvalue weighted by atomic mass is 10.0. The van der Waals surface area contributed by atoms with Crippen LogP contribution in [-0.4, -0.2) is 28.8 Å². The van der Waals surface area contributed by atoms with Gasteiger partial charge in [-0.1, -0.05) is 30.3 Å². The van der Waals surface area contributed by atoms with Gasteiger partial charge in [0.25, 0.3) is 0 Å². The number of amides is 1. The summed E-state index contributed by atoms with van der Waals surface area (Å²) in [6, 6.07) is 20.6. The van der Waals surface area contributed by atoms with Crippen LogP contribution in [0.3, 0.4) is 0 Å². The molecule has 5 nitrogen and oxygen atoms in total. The molecule has 134 valence electrons. The summed E-state index contributed by atoms with van der Waals surface area (Å²) >= 11 is 0. The van der Waals surface area contributed by atoms with Gasteiger partial charge in [0.05, 0.1) is 6.61 Å². The molecular formula is C21H22N2O3. The topological polar surface area (TPSA) is 63.5 Å². The largest absolute Gasteiger partial charge is 0.491 e. The standard InChI is InChI=1S/C21H22N2O3/c24-14-15-26-19-10-8-18(9-11-19)22-21(25)20(23-12-4-5-13-23)16-17-6-2-1-3-7-17/h1-13,20,24H,14-16H2,(H,22,25). The first kappa shape index (κ1) is 17.8. The minimum atomic E-state index is -0.335. The summed E-state index contributed by atoms with van der Waals surface area (Å²) in [5, 5.41) is 11.8. The van der Waals surface area contributed by atoms with Gasteiger partial charge in [0.1, 0.15) is 18.4 Å². The maximum atomic E-state index is 12.9. The minimum absolute atomic E-state index is 0.0312. The number of nitrogens with zero attached hydrogens (tertiary/aromatic N) is 1. The first-order valence-electron chi connectivity index (χ1n) is 8.57. The van der Waals surface area contributed by atoms with Gasteiger partial charge in [0.2, 0.25) is 5.91 Å². The Bertz CT molecular complexity index is 799. The van der Waals surface area contributed by atoms with E-state index in [1.54, 1.807) is 24.3 Å². The fraction of sp³-hybridized carbons (Fsp3) is 0.190. The van der Waals surface area contributed by atoms with Crippen molar-refractivity contribution in [3.05, 3.63) is 84.7 Å². The number of aliphatic hydroxyl groups excluding tert-OH is 1. The first-order chi connectivity index (χ1) is 12.8. The molecule has 0 radical (unpaired) electrons. The molecule has 2 N–H and O–H groups in total. The van der Waals surface area contributed by atoms with Crippen molar-refractivity contribution in [2.75, 3.05) is 18.5 Å². The summed E-state index contributed by atoms with van der Waals surface area (Å²) in [6.45, 7) is 0.217. The van der Waals surface area contributed by atoms with Gasteiger partial charge >= 0.3 is 0 Å². The molecule has 1 amide bonds. The van der Waals surface area contributed by atoms with Gasteiger partial charge in [-0.05, 0) is 42.0 Å². The highest BCUT2D eigenvalue weighted by molar-refractivity contribution is 5.94. The zero-order valence-corrected chi connectivity index (χ0v) is 14.4. The normalized spacial score (nSPS) is 11.7. The van der Waals surface area contributed by atoms with Crippen molar-refractivity contribution in [1.29, 1.82) is 0 Å². The predicted molar refractivity (Wildman–Crippen MR) is 101 cm³/mol. The molecule has 1 heterocycles. The van der Waals surface area contributed by atoms with Gasteiger partial charge < -0.3 is 19.7 Å². The van der Waals surface area contributed by atoms with Crippen LogP contribution in [0.1, 0.15) is 11.6 Å². The molecule has 0 aliphatic rings. The van der Waals surface area contributed by atoms with E-state index < -0.39 is 0 Å². The lowest BCUT2D eigenvalue weighted by Gasteiger charge is -2.19. The quantitative estimate of drug-likeness (QED) is 0.655. The molecule has 0 fully saturated rings. The Labute approximate surface area is 152 Å². The number of anilines is 1. The van der Waals surface area contributed by atoms with Crippen LogP contribution in [0.2, 0.25) is 0 Å². The smallest absolute Gasteiger partial charge is 0.247 e. The molecule has 0 saturated carbocycles. The summed E-state index contributed by atoms with van der Waals surface area (Å²) in [5.74, 6) is 0.581. The van der Waals surface area contributed by atoms with Crippen molar-refractivity contribution >= 4 is 11.6 Å². The molecule has 2 aromatic carbocycles. The first-order valence-corrected chi connectivity index (χ1v) is 8.57. The van der Waals surface area contributed by atoms with Crippen molar-refractivity contribution in [3.8, 4) is 5.75 Å². The summed E-state index contributed by atoms with van der Waals surface area (Å²) in [6.07, 6.45) is 4.41. The van der Waals surface area contributed by atoms with Crippen LogP contribution in [0.15, 0.2) is 79.1 Å². The second-order valence-electron chi connectivity index (χ2n) is 5.92. The van der Waals surface area contributed by atoms with Crippen molar-refractivity contribution in [3.63, 3.8) is 0 Å². The average molecular weight is 350 g/mol. The number of ether oxygens (including phenoxy) is 1. The van der Waals surface area contributed by atoms with Crippen molar-refractivity contribution < 1.29 is 14.6 Å². The summed E-state index contributed by atoms with van der Waals surface area (Å²) < 4.78 is 7.25. The predicted octanol–water partition coefficient (Wildman–Crippen LogP) is 3.28. The third-order valence-corrected chi connectivity index (χ3v) is 4.04. The van der Waals surface area contributed by atoms with Gasteiger partial charge in [-0.2, -0.15) is 0 Å². The van der Waals surface area contributed by atoms with E-state index in [-0.39, 0.29) is 25.2 Å². The Morgan fingerprint density at radius 1 is 1.00 bits per heavy atom. The van der Waals surface area contributed by atoms with Crippen LogP contribution in [0, 0.1) is 0 Å². The number of hydrogen-bond donors (Lipinski definition) is 2. The fourth-order valence-electron chi connectivity index (χ4n) is 2.75. The van der Waals surface area contributed by atoms with Crippen LogP contribution in [0.5, 0.6) is 5.75 Å². The number of aromatic nitrogens is 1. The maximum absolute atomic E-state index is 12.9. The SMILES string of the molecule is O=C(Nc1ccc(OCCO)cc1)C(Cc1ccccc1)n1cccc1. The highest BCUT2D eigenvalue weighted by Gasteiger charge is 2.20. The van der Waals surface area contributed by atoms with Crippen LogP contribution >= 0.6 is 0 Å². The van der Waals surface area contributed by atoms with Crippen LogP contribution < -0.4 is 10.1 Å². The number of hydrogen-bond acceptors (Lipinski definition) is 3. The molecule has 0 saturated heterocycles. The molecule has 0 bridgehead atoms. The molecule has 0 aliphatic heterocycles. The summed E-state index contributed by atoms with van der Waals surface area (Å²) in [5.41, 5.74) is 1.81. The zero-order chi connectivity index (χ0) is 18.2. The highest BCUT2D eigenvalue weighted by atomic mass is 16.5. The molecule has 26 heavy (non-hydrogen) atoms. The van der Waals surface area contributed by atoms with E-state index in [1.165, 1.54) is 0 Å². The van der Waals surface area contributed by atoms with E-state index >= 15 is 0 Å². The number of carbonyl (C=O) groups is 1. The minimum Gasteiger partial charge on any atom is -0.491 e. The second-order valence-corrected chi connectivity index (χ2v) is 5.92. The van der Waals surface area contributed by atoms with Crippen LogP contribution in [0.25, 0.3) is 0 Å². The molecule has 5 heteroatoms. The lowest BCUT2D eigenvalue weighted by Crippen LogP contribution is -2.27. The molecule has 0 aliphatic carbocycles. The Balaban J connectivity index is 1.71. The van der Waals surface area contributed by atoms with E-state index in [0.717, 1.165) is 5.56 Å². The van der Waals surface area contributed by atoms with Crippen LogP contribution in [0.4, 0.5) is 5.69 Å². The maximum Gasteiger partial charge on any atom is 0.247 e. The zero-order valence-electron chi connectivity index (χ0n) is 14.4. The Morgan fingerprint density at radius 2 is 1.69 bits per heavy atom. The van der Waals surface area contributed by atoms with Crippen molar-refractivity contribution in [2.24, 2.45) is 0 Å². The monoisotopic (exact) mass is 350 g/mol. The van der Waals surface area contributed by atoms with E-state index in [4.69, 9.17) is 9.84 Å². The van der Waals surface area contributed by atoms with Gasteiger partial charge in [-0.25, -0.2) is 0 Å². The van der Waals surface area contributed by atoms with Crippen LogP contribution in [-0.2, 0) is 11.2 Å². The third kappa shape index (κ3) is 4.74. The van der Waals surface area contributed by atoms with Gasteiger partial charge in [0, 0.05) is 24.5 Å². The van der Waals surface area contributed by atoms with E-state index in [2.05, 4.69) is 5.32 Å². The number of nitrogens with one attached hydrogen (secondary N) is 1. The summed E-state index contributed by atoms with van der Waals surface area (Å²) in [4.78, 5) is 12.9. The summed E-state index contributed by atoms with van der Waals surface area (Å²) in [7, 11) is 0. The van der Waals surface area contributed by atoms with Gasteiger partial charge in [0.15, 0.2) is 0 Å². The van der Waals surface area contributed by atoms with E-state index in [1.807, 2.05) is 59.4 Å². The molecule has 1 aromatic heterocycles. The van der Waals surface area contributed by atoms with Crippen molar-refractivity contribution in [2.45, 2.75) is 12.5 Å². The number of aliphatic hydroxyl groups is 1. The van der Waals surface area contributed by atoms with E-state index in [0.29, 0.717) is 17.9 Å². The Hall–Kier alpha value is -3.05. The molecule has 1 unspecified atom stereocenters. The Kier molecular flexibility index (Phi) is 6.06. The fourth-order valence-corrected chi connectivity index (χ4v) is 2.75. The molecule has 3 aromatic rings. The number of rotatable bonds is 8. The number of carbonyl (C=O) groups excluding carboxylic acids is 1. The molecular weight excluding hydrogens is 328 g/mol. The highest BCUT2D eigenvalue weighted by Crippen LogP contribution is 2.20. The lowest BCUT2D eigenvalue weighted by molar-refractivity contribution is -0.119. The van der Waals surface area contributed by atoms with E-state index in [9.17, 15) is 4.79 Å². The third-order valence-electron chi connectivity index (χ3n) is 4.04. The Morgan fingerprint density at radius 3 is 2.35 bits per heavy atom. The second kappa shape index (κ2) is 8.87. The average Bonchev–Trinajstić information content (AvgIpc) is 3.21. The molecule has 0 spiro atoms. The van der Waals surface area contributed by atoms with Gasteiger partial charge in [-0.3, -0.25) is 4.79 Å². The molecule has 3 rings (SSSR count).